The third-order valence-corrected chi connectivity index (χ3v) is 8.64. The van der Waals surface area contributed by atoms with Gasteiger partial charge in [-0.05, 0) is 123 Å². The molecule has 0 saturated heterocycles. The standard InChI is InChI=1S/C35H46/c1-3-5-9-29-14-22-33(23-15-29)35-26-18-31(19-27-35)11-7-6-10-30-16-24-34(25-17-30)32-20-12-28(8-4-2)13-21-32/h7,11,14-17,22-25,28,31-32,35H,3-5,8-9,12-13,18-21,26-27H2,1-2H3/b11-7+/t28-,31-,32-,35-. The zero-order chi connectivity index (χ0) is 24.3. The van der Waals surface area contributed by atoms with Gasteiger partial charge in [-0.2, -0.15) is 0 Å². The van der Waals surface area contributed by atoms with Crippen LogP contribution in [0, 0.1) is 23.7 Å². The zero-order valence-electron chi connectivity index (χ0n) is 22.3. The van der Waals surface area contributed by atoms with E-state index in [2.05, 4.69) is 86.4 Å². The summed E-state index contributed by atoms with van der Waals surface area (Å²) in [6, 6.07) is 18.6. The smallest absolute Gasteiger partial charge is 0.0249 e. The maximum absolute atomic E-state index is 3.36. The summed E-state index contributed by atoms with van der Waals surface area (Å²) >= 11 is 0. The highest BCUT2D eigenvalue weighted by molar-refractivity contribution is 5.39. The molecular formula is C35H46. The molecule has 0 radical (unpaired) electrons. The number of unbranched alkanes of at least 4 members (excludes halogenated alkanes) is 1. The quantitative estimate of drug-likeness (QED) is 0.339. The zero-order valence-corrected chi connectivity index (χ0v) is 22.3. The van der Waals surface area contributed by atoms with Crippen molar-refractivity contribution in [2.24, 2.45) is 11.8 Å². The number of hydrogen-bond donors (Lipinski definition) is 0. The van der Waals surface area contributed by atoms with Crippen LogP contribution in [0.1, 0.15) is 125 Å². The molecule has 0 heterocycles. The van der Waals surface area contributed by atoms with Gasteiger partial charge in [0, 0.05) is 5.56 Å². The number of allylic oxidation sites excluding steroid dienone is 2. The van der Waals surface area contributed by atoms with Crippen molar-refractivity contribution in [2.75, 3.05) is 0 Å². The lowest BCUT2D eigenvalue weighted by Crippen LogP contribution is -2.13. The molecule has 0 unspecified atom stereocenters. The summed E-state index contributed by atoms with van der Waals surface area (Å²) in [5, 5.41) is 0. The second-order valence-electron chi connectivity index (χ2n) is 11.2. The summed E-state index contributed by atoms with van der Waals surface area (Å²) in [6.07, 6.45) is 21.8. The first-order valence-electron chi connectivity index (χ1n) is 14.6. The highest BCUT2D eigenvalue weighted by Crippen LogP contribution is 2.38. The van der Waals surface area contributed by atoms with E-state index in [0.29, 0.717) is 5.92 Å². The lowest BCUT2D eigenvalue weighted by atomic mass is 9.77. The van der Waals surface area contributed by atoms with Gasteiger partial charge < -0.3 is 0 Å². The molecule has 0 aliphatic heterocycles. The fourth-order valence-corrected chi connectivity index (χ4v) is 6.32. The van der Waals surface area contributed by atoms with E-state index in [1.165, 1.54) is 94.6 Å². The molecule has 2 aliphatic carbocycles. The van der Waals surface area contributed by atoms with Crippen LogP contribution >= 0.6 is 0 Å². The van der Waals surface area contributed by atoms with Crippen LogP contribution in [0.3, 0.4) is 0 Å². The first-order valence-corrected chi connectivity index (χ1v) is 14.6. The van der Waals surface area contributed by atoms with Gasteiger partial charge in [0.05, 0.1) is 0 Å². The summed E-state index contributed by atoms with van der Waals surface area (Å²) in [5.74, 6) is 9.83. The molecule has 2 saturated carbocycles. The molecule has 186 valence electrons. The average molecular weight is 467 g/mol. The van der Waals surface area contributed by atoms with Crippen LogP contribution in [0.4, 0.5) is 0 Å². The van der Waals surface area contributed by atoms with Gasteiger partial charge in [0.25, 0.3) is 0 Å². The van der Waals surface area contributed by atoms with E-state index in [9.17, 15) is 0 Å². The lowest BCUT2D eigenvalue weighted by molar-refractivity contribution is 0.308. The Morgan fingerprint density at radius 1 is 0.714 bits per heavy atom. The number of rotatable bonds is 8. The Morgan fingerprint density at radius 2 is 1.31 bits per heavy atom. The minimum Gasteiger partial charge on any atom is -0.0730 e. The average Bonchev–Trinajstić information content (AvgIpc) is 2.92. The normalized spacial score (nSPS) is 24.7. The van der Waals surface area contributed by atoms with Crippen molar-refractivity contribution < 1.29 is 0 Å². The van der Waals surface area contributed by atoms with Gasteiger partial charge in [0.1, 0.15) is 0 Å². The highest BCUT2D eigenvalue weighted by atomic mass is 14.3. The lowest BCUT2D eigenvalue weighted by Gasteiger charge is -2.28. The Kier molecular flexibility index (Phi) is 10.1. The molecule has 0 amide bonds. The van der Waals surface area contributed by atoms with Gasteiger partial charge in [-0.3, -0.25) is 0 Å². The van der Waals surface area contributed by atoms with Crippen molar-refractivity contribution in [2.45, 2.75) is 109 Å². The Balaban J connectivity index is 1.20. The Hall–Kier alpha value is -2.26. The summed E-state index contributed by atoms with van der Waals surface area (Å²) in [6.45, 7) is 4.59. The summed E-state index contributed by atoms with van der Waals surface area (Å²) in [5.41, 5.74) is 5.71. The molecule has 4 rings (SSSR count). The predicted octanol–water partition coefficient (Wildman–Crippen LogP) is 9.98. The van der Waals surface area contributed by atoms with Gasteiger partial charge in [-0.25, -0.2) is 0 Å². The molecule has 2 fully saturated rings. The summed E-state index contributed by atoms with van der Waals surface area (Å²) in [7, 11) is 0. The van der Waals surface area contributed by atoms with E-state index in [-0.39, 0.29) is 0 Å². The predicted molar refractivity (Wildman–Crippen MR) is 152 cm³/mol. The van der Waals surface area contributed by atoms with E-state index in [1.54, 1.807) is 5.56 Å². The summed E-state index contributed by atoms with van der Waals surface area (Å²) < 4.78 is 0. The topological polar surface area (TPSA) is 0 Å². The third-order valence-electron chi connectivity index (χ3n) is 8.64. The van der Waals surface area contributed by atoms with Gasteiger partial charge in [0.15, 0.2) is 0 Å². The Morgan fingerprint density at radius 3 is 1.91 bits per heavy atom. The van der Waals surface area contributed by atoms with Crippen molar-refractivity contribution >= 4 is 0 Å². The van der Waals surface area contributed by atoms with Crippen LogP contribution in [0.25, 0.3) is 0 Å². The van der Waals surface area contributed by atoms with Crippen LogP contribution < -0.4 is 0 Å². The first kappa shape index (κ1) is 25.8. The first-order chi connectivity index (χ1) is 17.2. The van der Waals surface area contributed by atoms with E-state index in [4.69, 9.17) is 0 Å². The molecule has 0 bridgehead atoms. The van der Waals surface area contributed by atoms with Crippen molar-refractivity contribution in [3.63, 3.8) is 0 Å². The largest absolute Gasteiger partial charge is 0.0730 e. The molecule has 2 aromatic rings. The number of benzene rings is 2. The molecule has 0 atom stereocenters. The van der Waals surface area contributed by atoms with Crippen LogP contribution in [0.15, 0.2) is 60.7 Å². The molecule has 2 aliphatic rings. The van der Waals surface area contributed by atoms with Gasteiger partial charge in [0.2, 0.25) is 0 Å². The SMILES string of the molecule is CCCCc1ccc([C@H]2CC[C@H](/C=C/C#Cc3ccc([C@H]4CC[C@H](CCC)CC4)cc3)CC2)cc1. The van der Waals surface area contributed by atoms with Gasteiger partial charge in [-0.1, -0.05) is 87.4 Å². The molecule has 35 heavy (non-hydrogen) atoms. The number of aryl methyl sites for hydroxylation is 1. The summed E-state index contributed by atoms with van der Waals surface area (Å²) in [4.78, 5) is 0. The van der Waals surface area contributed by atoms with Crippen molar-refractivity contribution in [3.8, 4) is 11.8 Å². The maximum atomic E-state index is 3.36. The minimum absolute atomic E-state index is 0.689. The molecule has 0 aromatic heterocycles. The Labute approximate surface area is 215 Å². The maximum Gasteiger partial charge on any atom is 0.0249 e. The molecule has 2 aromatic carbocycles. The molecule has 0 nitrogen and oxygen atoms in total. The molecular weight excluding hydrogens is 420 g/mol. The Bertz CT molecular complexity index is 949. The molecule has 0 heteroatoms. The van der Waals surface area contributed by atoms with Crippen molar-refractivity contribution in [1.29, 1.82) is 0 Å². The van der Waals surface area contributed by atoms with Crippen LogP contribution in [0.5, 0.6) is 0 Å². The third kappa shape index (κ3) is 7.87. The van der Waals surface area contributed by atoms with E-state index in [0.717, 1.165) is 23.3 Å². The van der Waals surface area contributed by atoms with Crippen LogP contribution in [0.2, 0.25) is 0 Å². The molecule has 0 spiro atoms. The minimum atomic E-state index is 0.689. The highest BCUT2D eigenvalue weighted by Gasteiger charge is 2.22. The van der Waals surface area contributed by atoms with E-state index < -0.39 is 0 Å². The van der Waals surface area contributed by atoms with Gasteiger partial charge >= 0.3 is 0 Å². The fourth-order valence-electron chi connectivity index (χ4n) is 6.32. The van der Waals surface area contributed by atoms with Crippen LogP contribution in [-0.4, -0.2) is 0 Å². The monoisotopic (exact) mass is 466 g/mol. The number of hydrogen-bond acceptors (Lipinski definition) is 0. The van der Waals surface area contributed by atoms with Crippen LogP contribution in [-0.2, 0) is 6.42 Å². The van der Waals surface area contributed by atoms with E-state index in [1.807, 2.05) is 0 Å². The van der Waals surface area contributed by atoms with E-state index >= 15 is 0 Å². The van der Waals surface area contributed by atoms with Gasteiger partial charge in [-0.15, -0.1) is 0 Å². The fraction of sp³-hybridized carbons (Fsp3) is 0.543. The van der Waals surface area contributed by atoms with Crippen molar-refractivity contribution in [3.05, 3.63) is 82.9 Å². The second kappa shape index (κ2) is 13.7. The second-order valence-corrected chi connectivity index (χ2v) is 11.2. The molecule has 0 N–H and O–H groups in total. The van der Waals surface area contributed by atoms with Crippen molar-refractivity contribution in [1.82, 2.24) is 0 Å².